The van der Waals surface area contributed by atoms with Gasteiger partial charge in [-0.25, -0.2) is 0 Å². The Bertz CT molecular complexity index is 335. The van der Waals surface area contributed by atoms with Gasteiger partial charge in [-0.2, -0.15) is 0 Å². The number of rotatable bonds is 2. The molecule has 0 aliphatic carbocycles. The van der Waals surface area contributed by atoms with Crippen molar-refractivity contribution in [2.75, 3.05) is 13.1 Å². The summed E-state index contributed by atoms with van der Waals surface area (Å²) < 4.78 is 0. The normalized spacial score (nSPS) is 29.1. The van der Waals surface area contributed by atoms with E-state index in [-0.39, 0.29) is 11.9 Å². The Balaban J connectivity index is 1.76. The smallest absolute Gasteiger partial charge is 0.222 e. The molecule has 96 valence electrons. The number of nitrogens with one attached hydrogen (secondary N) is 2. The van der Waals surface area contributed by atoms with Crippen molar-refractivity contribution in [3.63, 3.8) is 0 Å². The Morgan fingerprint density at radius 2 is 2.29 bits per heavy atom. The van der Waals surface area contributed by atoms with Crippen LogP contribution < -0.4 is 10.6 Å². The van der Waals surface area contributed by atoms with Crippen LogP contribution in [0.3, 0.4) is 0 Å². The maximum Gasteiger partial charge on any atom is 0.222 e. The number of aliphatic imine (C=N–C) groups is 1. The first-order chi connectivity index (χ1) is 7.92. The van der Waals surface area contributed by atoms with Crippen LogP contribution in [0.15, 0.2) is 4.99 Å². The molecule has 1 fully saturated rings. The number of carbonyl (C=O) groups is 1. The van der Waals surface area contributed by atoms with E-state index < -0.39 is 0 Å². The van der Waals surface area contributed by atoms with Crippen LogP contribution in [-0.4, -0.2) is 35.5 Å². The Labute approximate surface area is 107 Å². The third-order valence-corrected chi connectivity index (χ3v) is 3.98. The molecule has 0 radical (unpaired) electrons. The molecule has 0 spiro atoms. The van der Waals surface area contributed by atoms with Crippen molar-refractivity contribution in [2.24, 2.45) is 10.4 Å². The van der Waals surface area contributed by atoms with Gasteiger partial charge in [0, 0.05) is 18.2 Å². The van der Waals surface area contributed by atoms with E-state index >= 15 is 0 Å². The number of carbonyl (C=O) groups excluding carboxylic acids is 1. The largest absolute Gasteiger partial charge is 0.360 e. The highest BCUT2D eigenvalue weighted by Crippen LogP contribution is 2.31. The summed E-state index contributed by atoms with van der Waals surface area (Å²) in [4.78, 5) is 15.6. The molecule has 2 aliphatic heterocycles. The van der Waals surface area contributed by atoms with Gasteiger partial charge in [-0.3, -0.25) is 9.79 Å². The van der Waals surface area contributed by atoms with Crippen molar-refractivity contribution in [1.29, 1.82) is 0 Å². The predicted molar refractivity (Wildman–Crippen MR) is 72.3 cm³/mol. The number of nitrogens with zero attached hydrogens (tertiary/aromatic N) is 1. The van der Waals surface area contributed by atoms with E-state index in [4.69, 9.17) is 0 Å². The predicted octanol–water partition coefficient (Wildman–Crippen LogP) is 1.37. The molecular weight excluding hydrogens is 234 g/mol. The molecule has 2 atom stereocenters. The molecule has 0 aromatic heterocycles. The zero-order valence-electron chi connectivity index (χ0n) is 10.7. The maximum absolute atomic E-state index is 11.1. The topological polar surface area (TPSA) is 53.5 Å². The van der Waals surface area contributed by atoms with E-state index in [0.29, 0.717) is 17.1 Å². The van der Waals surface area contributed by atoms with Gasteiger partial charge in [0.05, 0.1) is 12.6 Å². The van der Waals surface area contributed by atoms with Gasteiger partial charge < -0.3 is 10.6 Å². The van der Waals surface area contributed by atoms with Crippen molar-refractivity contribution in [1.82, 2.24) is 10.6 Å². The Kier molecular flexibility index (Phi) is 3.66. The fraction of sp³-hybridized carbons (Fsp3) is 0.833. The average Bonchev–Trinajstić information content (AvgIpc) is 2.74. The summed E-state index contributed by atoms with van der Waals surface area (Å²) in [5.74, 6) is 0.136. The Morgan fingerprint density at radius 1 is 1.53 bits per heavy atom. The van der Waals surface area contributed by atoms with Gasteiger partial charge in [0.15, 0.2) is 5.17 Å². The van der Waals surface area contributed by atoms with E-state index in [1.807, 2.05) is 11.8 Å². The van der Waals surface area contributed by atoms with Gasteiger partial charge in [0.25, 0.3) is 0 Å². The van der Waals surface area contributed by atoms with Crippen molar-refractivity contribution >= 4 is 22.8 Å². The molecule has 2 N–H and O–H groups in total. The molecule has 5 heteroatoms. The SMILES string of the molecule is CC(C)(C)CC1CN=C(NC2CNC(=O)C2)S1. The highest BCUT2D eigenvalue weighted by Gasteiger charge is 2.28. The maximum atomic E-state index is 11.1. The van der Waals surface area contributed by atoms with Crippen molar-refractivity contribution in [2.45, 2.75) is 44.9 Å². The van der Waals surface area contributed by atoms with Crippen molar-refractivity contribution < 1.29 is 4.79 Å². The van der Waals surface area contributed by atoms with Crippen molar-refractivity contribution in [3.8, 4) is 0 Å². The first-order valence-electron chi connectivity index (χ1n) is 6.17. The first kappa shape index (κ1) is 12.7. The highest BCUT2D eigenvalue weighted by molar-refractivity contribution is 8.14. The monoisotopic (exact) mass is 255 g/mol. The zero-order valence-corrected chi connectivity index (χ0v) is 11.6. The summed E-state index contributed by atoms with van der Waals surface area (Å²) in [7, 11) is 0. The lowest BCUT2D eigenvalue weighted by atomic mass is 9.90. The van der Waals surface area contributed by atoms with Crippen LogP contribution in [0.5, 0.6) is 0 Å². The van der Waals surface area contributed by atoms with Crippen LogP contribution in [0.4, 0.5) is 0 Å². The number of amidine groups is 1. The molecule has 17 heavy (non-hydrogen) atoms. The molecule has 2 aliphatic rings. The molecule has 0 saturated carbocycles. The van der Waals surface area contributed by atoms with E-state index in [2.05, 4.69) is 36.4 Å². The van der Waals surface area contributed by atoms with Crippen LogP contribution in [0, 0.1) is 5.41 Å². The Morgan fingerprint density at radius 3 is 2.88 bits per heavy atom. The third-order valence-electron chi connectivity index (χ3n) is 2.86. The standard InChI is InChI=1S/C12H21N3OS/c1-12(2,3)5-9-7-14-11(17-9)15-8-4-10(16)13-6-8/h8-9H,4-7H2,1-3H3,(H,13,16)(H,14,15). The second-order valence-electron chi connectivity index (χ2n) is 6.00. The fourth-order valence-electron chi connectivity index (χ4n) is 2.17. The van der Waals surface area contributed by atoms with Gasteiger partial charge in [-0.15, -0.1) is 0 Å². The molecule has 2 unspecified atom stereocenters. The second-order valence-corrected chi connectivity index (χ2v) is 7.29. The lowest BCUT2D eigenvalue weighted by Gasteiger charge is -2.21. The summed E-state index contributed by atoms with van der Waals surface area (Å²) in [5.41, 5.74) is 0.355. The molecule has 0 aromatic rings. The summed E-state index contributed by atoms with van der Waals surface area (Å²) in [6.07, 6.45) is 1.75. The molecule has 2 rings (SSSR count). The first-order valence-corrected chi connectivity index (χ1v) is 7.05. The van der Waals surface area contributed by atoms with E-state index in [9.17, 15) is 4.79 Å². The molecule has 0 bridgehead atoms. The van der Waals surface area contributed by atoms with Crippen LogP contribution in [-0.2, 0) is 4.79 Å². The van der Waals surface area contributed by atoms with E-state index in [0.717, 1.165) is 18.3 Å². The highest BCUT2D eigenvalue weighted by atomic mass is 32.2. The molecule has 0 aromatic carbocycles. The average molecular weight is 255 g/mol. The molecule has 4 nitrogen and oxygen atoms in total. The van der Waals surface area contributed by atoms with E-state index in [1.165, 1.54) is 6.42 Å². The number of hydrogen-bond donors (Lipinski definition) is 2. The number of hydrogen-bond acceptors (Lipinski definition) is 4. The number of amides is 1. The van der Waals surface area contributed by atoms with Gasteiger partial charge in [0.1, 0.15) is 0 Å². The minimum atomic E-state index is 0.136. The van der Waals surface area contributed by atoms with Gasteiger partial charge in [0.2, 0.25) is 5.91 Å². The minimum Gasteiger partial charge on any atom is -0.360 e. The van der Waals surface area contributed by atoms with Gasteiger partial charge >= 0.3 is 0 Å². The number of thioether (sulfide) groups is 1. The second kappa shape index (κ2) is 4.88. The van der Waals surface area contributed by atoms with Gasteiger partial charge in [-0.05, 0) is 11.8 Å². The van der Waals surface area contributed by atoms with Gasteiger partial charge in [-0.1, -0.05) is 32.5 Å². The Hall–Kier alpha value is -0.710. The van der Waals surface area contributed by atoms with Crippen LogP contribution >= 0.6 is 11.8 Å². The van der Waals surface area contributed by atoms with Crippen LogP contribution in [0.2, 0.25) is 0 Å². The molecule has 2 heterocycles. The van der Waals surface area contributed by atoms with Crippen LogP contribution in [0.1, 0.15) is 33.6 Å². The lowest BCUT2D eigenvalue weighted by molar-refractivity contribution is -0.119. The molecule has 1 saturated heterocycles. The lowest BCUT2D eigenvalue weighted by Crippen LogP contribution is -2.34. The molecule has 1 amide bonds. The van der Waals surface area contributed by atoms with Crippen LogP contribution in [0.25, 0.3) is 0 Å². The summed E-state index contributed by atoms with van der Waals surface area (Å²) in [5, 5.41) is 7.78. The summed E-state index contributed by atoms with van der Waals surface area (Å²) in [6.45, 7) is 8.41. The third kappa shape index (κ3) is 3.91. The summed E-state index contributed by atoms with van der Waals surface area (Å²) >= 11 is 1.83. The minimum absolute atomic E-state index is 0.136. The van der Waals surface area contributed by atoms with Crippen molar-refractivity contribution in [3.05, 3.63) is 0 Å². The quantitative estimate of drug-likeness (QED) is 0.783. The van der Waals surface area contributed by atoms with E-state index in [1.54, 1.807) is 0 Å². The fourth-order valence-corrected chi connectivity index (χ4v) is 3.60. The summed E-state index contributed by atoms with van der Waals surface area (Å²) in [6, 6.07) is 0.224. The zero-order chi connectivity index (χ0) is 12.5. The molecular formula is C12H21N3OS.